The number of rotatable bonds is 2. The van der Waals surface area contributed by atoms with Crippen LogP contribution in [0.3, 0.4) is 0 Å². The first-order chi connectivity index (χ1) is 8.90. The summed E-state index contributed by atoms with van der Waals surface area (Å²) in [5, 5.41) is 1.13. The van der Waals surface area contributed by atoms with Crippen LogP contribution in [-0.2, 0) is 0 Å². The Hall–Kier alpha value is 0.460. The van der Waals surface area contributed by atoms with Crippen LogP contribution in [-0.4, -0.2) is 0 Å². The van der Waals surface area contributed by atoms with Gasteiger partial charge in [0, 0.05) is 8.95 Å². The zero-order chi connectivity index (χ0) is 14.2. The summed E-state index contributed by atoms with van der Waals surface area (Å²) in [5.74, 6) is 0. The average Bonchev–Trinajstić information content (AvgIpc) is 2.36. The van der Waals surface area contributed by atoms with E-state index >= 15 is 0 Å². The molecule has 19 heavy (non-hydrogen) atoms. The molecule has 0 heterocycles. The number of aryl methyl sites for hydroxylation is 1. The molecule has 0 nitrogen and oxygen atoms in total. The Labute approximate surface area is 147 Å². The molecular weight excluding hydrogens is 479 g/mol. The SMILES string of the molecule is Cc1cc(Br)c(C(Br)c2ccc(Cl)c(Cl)c2)cc1Br. The van der Waals surface area contributed by atoms with Gasteiger partial charge in [0.1, 0.15) is 0 Å². The van der Waals surface area contributed by atoms with Gasteiger partial charge in [0.25, 0.3) is 0 Å². The lowest BCUT2D eigenvalue weighted by atomic mass is 10.0. The summed E-state index contributed by atoms with van der Waals surface area (Å²) in [6, 6.07) is 9.84. The standard InChI is InChI=1S/C14H9Br3Cl2/c1-7-4-11(16)9(6-10(7)15)14(17)8-2-3-12(18)13(19)5-8/h2-6,14H,1H3. The molecule has 0 aliphatic carbocycles. The molecule has 0 saturated carbocycles. The Morgan fingerprint density at radius 1 is 0.947 bits per heavy atom. The van der Waals surface area contributed by atoms with Crippen molar-refractivity contribution in [3.8, 4) is 0 Å². The van der Waals surface area contributed by atoms with Gasteiger partial charge in [-0.05, 0) is 47.9 Å². The second kappa shape index (κ2) is 6.48. The van der Waals surface area contributed by atoms with Gasteiger partial charge in [0.05, 0.1) is 14.9 Å². The molecule has 2 rings (SSSR count). The van der Waals surface area contributed by atoms with Gasteiger partial charge >= 0.3 is 0 Å². The number of benzene rings is 2. The highest BCUT2D eigenvalue weighted by atomic mass is 79.9. The molecule has 0 aliphatic heterocycles. The van der Waals surface area contributed by atoms with Crippen LogP contribution in [0.1, 0.15) is 21.5 Å². The van der Waals surface area contributed by atoms with E-state index in [0.29, 0.717) is 10.0 Å². The van der Waals surface area contributed by atoms with Crippen LogP contribution in [0.2, 0.25) is 10.0 Å². The van der Waals surface area contributed by atoms with Crippen molar-refractivity contribution in [2.24, 2.45) is 0 Å². The van der Waals surface area contributed by atoms with Crippen LogP contribution >= 0.6 is 71.0 Å². The maximum Gasteiger partial charge on any atom is 0.0656 e. The van der Waals surface area contributed by atoms with E-state index < -0.39 is 0 Å². The fourth-order valence-corrected chi connectivity index (χ4v) is 4.03. The van der Waals surface area contributed by atoms with Crippen molar-refractivity contribution >= 4 is 71.0 Å². The summed E-state index contributed by atoms with van der Waals surface area (Å²) in [4.78, 5) is 0.0496. The van der Waals surface area contributed by atoms with Crippen LogP contribution < -0.4 is 0 Å². The van der Waals surface area contributed by atoms with Crippen molar-refractivity contribution in [3.05, 3.63) is 66.0 Å². The summed E-state index contributed by atoms with van der Waals surface area (Å²) < 4.78 is 2.14. The van der Waals surface area contributed by atoms with Crippen LogP contribution in [0, 0.1) is 6.92 Å². The molecule has 0 spiro atoms. The van der Waals surface area contributed by atoms with Gasteiger partial charge in [0.2, 0.25) is 0 Å². The first-order valence-electron chi connectivity index (χ1n) is 5.44. The van der Waals surface area contributed by atoms with Gasteiger partial charge in [-0.25, -0.2) is 0 Å². The Kier molecular flexibility index (Phi) is 5.41. The number of hydrogen-bond acceptors (Lipinski definition) is 0. The monoisotopic (exact) mass is 484 g/mol. The minimum Gasteiger partial charge on any atom is -0.0827 e. The molecule has 0 radical (unpaired) electrons. The second-order valence-electron chi connectivity index (χ2n) is 4.16. The molecule has 0 amide bonds. The zero-order valence-corrected chi connectivity index (χ0v) is 16.1. The van der Waals surface area contributed by atoms with Crippen LogP contribution in [0.25, 0.3) is 0 Å². The Morgan fingerprint density at radius 3 is 2.26 bits per heavy atom. The van der Waals surface area contributed by atoms with E-state index in [0.717, 1.165) is 20.1 Å². The van der Waals surface area contributed by atoms with Gasteiger partial charge in [-0.2, -0.15) is 0 Å². The highest BCUT2D eigenvalue weighted by molar-refractivity contribution is 9.11. The van der Waals surface area contributed by atoms with E-state index in [-0.39, 0.29) is 4.83 Å². The van der Waals surface area contributed by atoms with Crippen LogP contribution in [0.4, 0.5) is 0 Å². The molecule has 1 atom stereocenters. The molecule has 2 aromatic rings. The molecular formula is C14H9Br3Cl2. The van der Waals surface area contributed by atoms with Gasteiger partial charge in [-0.3, -0.25) is 0 Å². The fourth-order valence-electron chi connectivity index (χ4n) is 1.71. The average molecular weight is 488 g/mol. The molecule has 0 bridgehead atoms. The first kappa shape index (κ1) is 15.8. The second-order valence-corrected chi connectivity index (χ2v) is 7.60. The predicted molar refractivity (Wildman–Crippen MR) is 93.8 cm³/mol. The van der Waals surface area contributed by atoms with E-state index in [2.05, 4.69) is 66.8 Å². The minimum absolute atomic E-state index is 0.0496. The smallest absolute Gasteiger partial charge is 0.0656 e. The normalized spacial score (nSPS) is 12.5. The highest BCUT2D eigenvalue weighted by Crippen LogP contribution is 2.39. The molecule has 0 aliphatic rings. The summed E-state index contributed by atoms with van der Waals surface area (Å²) >= 11 is 22.9. The molecule has 0 N–H and O–H groups in total. The molecule has 5 heteroatoms. The molecule has 0 fully saturated rings. The minimum atomic E-state index is 0.0496. The number of halogens is 5. The topological polar surface area (TPSA) is 0 Å². The third-order valence-electron chi connectivity index (χ3n) is 2.79. The summed E-state index contributed by atoms with van der Waals surface area (Å²) in [6.45, 7) is 2.06. The van der Waals surface area contributed by atoms with Gasteiger partial charge < -0.3 is 0 Å². The van der Waals surface area contributed by atoms with Gasteiger partial charge in [-0.15, -0.1) is 0 Å². The lowest BCUT2D eigenvalue weighted by molar-refractivity contribution is 1.15. The largest absolute Gasteiger partial charge is 0.0827 e. The van der Waals surface area contributed by atoms with Crippen molar-refractivity contribution < 1.29 is 0 Å². The van der Waals surface area contributed by atoms with E-state index in [1.165, 1.54) is 5.56 Å². The maximum atomic E-state index is 6.07. The van der Waals surface area contributed by atoms with Crippen LogP contribution in [0.15, 0.2) is 39.3 Å². The molecule has 0 aromatic heterocycles. The Bertz CT molecular complexity index is 626. The van der Waals surface area contributed by atoms with Gasteiger partial charge in [0.15, 0.2) is 0 Å². The van der Waals surface area contributed by atoms with Crippen LogP contribution in [0.5, 0.6) is 0 Å². The molecule has 1 unspecified atom stereocenters. The molecule has 0 saturated heterocycles. The lowest BCUT2D eigenvalue weighted by Gasteiger charge is -2.15. The van der Waals surface area contributed by atoms with Crippen molar-refractivity contribution in [1.82, 2.24) is 0 Å². The van der Waals surface area contributed by atoms with E-state index in [9.17, 15) is 0 Å². The quantitative estimate of drug-likeness (QED) is 0.390. The maximum absolute atomic E-state index is 6.07. The third-order valence-corrected chi connectivity index (χ3v) is 6.09. The molecule has 2 aromatic carbocycles. The third kappa shape index (κ3) is 3.56. The fraction of sp³-hybridized carbons (Fsp3) is 0.143. The number of hydrogen-bond donors (Lipinski definition) is 0. The Morgan fingerprint density at radius 2 is 1.63 bits per heavy atom. The van der Waals surface area contributed by atoms with Gasteiger partial charge in [-0.1, -0.05) is 77.1 Å². The molecule has 100 valence electrons. The van der Waals surface area contributed by atoms with Crippen molar-refractivity contribution in [2.75, 3.05) is 0 Å². The Balaban J connectivity index is 2.46. The van der Waals surface area contributed by atoms with Crippen molar-refractivity contribution in [2.45, 2.75) is 11.8 Å². The predicted octanol–water partition coefficient (Wildman–Crippen LogP) is 7.31. The summed E-state index contributed by atoms with van der Waals surface area (Å²) in [5.41, 5.74) is 3.38. The summed E-state index contributed by atoms with van der Waals surface area (Å²) in [6.07, 6.45) is 0. The first-order valence-corrected chi connectivity index (χ1v) is 8.70. The van der Waals surface area contributed by atoms with Crippen molar-refractivity contribution in [1.29, 1.82) is 0 Å². The zero-order valence-electron chi connectivity index (χ0n) is 9.85. The summed E-state index contributed by atoms with van der Waals surface area (Å²) in [7, 11) is 0. The van der Waals surface area contributed by atoms with E-state index in [1.807, 2.05) is 18.2 Å². The van der Waals surface area contributed by atoms with E-state index in [4.69, 9.17) is 23.2 Å². The number of alkyl halides is 1. The van der Waals surface area contributed by atoms with Crippen molar-refractivity contribution in [3.63, 3.8) is 0 Å². The highest BCUT2D eigenvalue weighted by Gasteiger charge is 2.16. The lowest BCUT2D eigenvalue weighted by Crippen LogP contribution is -1.95. The van der Waals surface area contributed by atoms with E-state index in [1.54, 1.807) is 0 Å².